The Kier molecular flexibility index (Phi) is 5.71. The van der Waals surface area contributed by atoms with Crippen LogP contribution < -0.4 is 5.32 Å². The van der Waals surface area contributed by atoms with Crippen LogP contribution in [0, 0.1) is 11.7 Å². The lowest BCUT2D eigenvalue weighted by Crippen LogP contribution is -2.23. The van der Waals surface area contributed by atoms with Crippen LogP contribution in [0.4, 0.5) is 4.39 Å². The van der Waals surface area contributed by atoms with Crippen molar-refractivity contribution in [2.45, 2.75) is 13.5 Å². The normalized spacial score (nSPS) is 12.6. The quantitative estimate of drug-likeness (QED) is 0.835. The molecule has 0 aliphatic rings. The van der Waals surface area contributed by atoms with Crippen molar-refractivity contribution in [3.8, 4) is 10.4 Å². The molecule has 1 aromatic carbocycles. The molecule has 0 aliphatic heterocycles. The third-order valence-corrected chi connectivity index (χ3v) is 3.99. The summed E-state index contributed by atoms with van der Waals surface area (Å²) in [4.78, 5) is 0.970. The summed E-state index contributed by atoms with van der Waals surface area (Å²) in [6.07, 6.45) is 0. The van der Waals surface area contributed by atoms with E-state index in [-0.39, 0.29) is 5.82 Å². The van der Waals surface area contributed by atoms with Crippen LogP contribution in [-0.2, 0) is 11.3 Å². The van der Waals surface area contributed by atoms with Crippen LogP contribution >= 0.6 is 11.3 Å². The van der Waals surface area contributed by atoms with Crippen LogP contribution in [-0.4, -0.2) is 20.3 Å². The second kappa shape index (κ2) is 7.53. The molecule has 0 spiro atoms. The molecule has 20 heavy (non-hydrogen) atoms. The van der Waals surface area contributed by atoms with Gasteiger partial charge in [-0.1, -0.05) is 19.1 Å². The average Bonchev–Trinajstić information content (AvgIpc) is 2.95. The third kappa shape index (κ3) is 4.13. The number of halogens is 1. The topological polar surface area (TPSA) is 21.3 Å². The predicted molar refractivity (Wildman–Crippen MR) is 82.5 cm³/mol. The van der Waals surface area contributed by atoms with Gasteiger partial charge >= 0.3 is 0 Å². The number of nitrogens with one attached hydrogen (secondary N) is 1. The first kappa shape index (κ1) is 15.2. The second-order valence-electron chi connectivity index (χ2n) is 4.98. The molecule has 1 aromatic heterocycles. The van der Waals surface area contributed by atoms with Gasteiger partial charge in [0.05, 0.1) is 0 Å². The Morgan fingerprint density at radius 1 is 1.35 bits per heavy atom. The maximum Gasteiger partial charge on any atom is 0.131 e. The van der Waals surface area contributed by atoms with Gasteiger partial charge in [-0.05, 0) is 35.1 Å². The van der Waals surface area contributed by atoms with Crippen molar-refractivity contribution >= 4 is 11.3 Å². The van der Waals surface area contributed by atoms with Crippen LogP contribution in [0.3, 0.4) is 0 Å². The van der Waals surface area contributed by atoms with Crippen LogP contribution in [0.1, 0.15) is 12.5 Å². The molecule has 2 aromatic rings. The molecule has 4 heteroatoms. The summed E-state index contributed by atoms with van der Waals surface area (Å²) in [5.74, 6) is 0.307. The van der Waals surface area contributed by atoms with Crippen molar-refractivity contribution in [2.24, 2.45) is 5.92 Å². The number of benzene rings is 1. The summed E-state index contributed by atoms with van der Waals surface area (Å²) < 4.78 is 19.0. The van der Waals surface area contributed by atoms with E-state index >= 15 is 0 Å². The number of thiophene rings is 1. The van der Waals surface area contributed by atoms with Crippen molar-refractivity contribution in [2.75, 3.05) is 20.3 Å². The highest BCUT2D eigenvalue weighted by molar-refractivity contribution is 7.13. The molecule has 0 bridgehead atoms. The first-order valence-corrected chi connectivity index (χ1v) is 7.60. The summed E-state index contributed by atoms with van der Waals surface area (Å²) in [5.41, 5.74) is 1.78. The van der Waals surface area contributed by atoms with Gasteiger partial charge in [0.15, 0.2) is 0 Å². The first-order valence-electron chi connectivity index (χ1n) is 6.72. The average molecular weight is 293 g/mol. The minimum absolute atomic E-state index is 0.163. The molecule has 1 heterocycles. The van der Waals surface area contributed by atoms with Gasteiger partial charge in [-0.15, -0.1) is 11.3 Å². The molecule has 1 unspecified atom stereocenters. The Bertz CT molecular complexity index is 527. The van der Waals surface area contributed by atoms with E-state index in [4.69, 9.17) is 4.74 Å². The Morgan fingerprint density at radius 2 is 2.20 bits per heavy atom. The number of hydrogen-bond donors (Lipinski definition) is 1. The highest BCUT2D eigenvalue weighted by atomic mass is 32.1. The molecule has 108 valence electrons. The maximum atomic E-state index is 13.9. The highest BCUT2D eigenvalue weighted by Crippen LogP contribution is 2.28. The molecular formula is C16H20FNOS. The van der Waals surface area contributed by atoms with Crippen molar-refractivity contribution in [1.29, 1.82) is 0 Å². The van der Waals surface area contributed by atoms with Gasteiger partial charge in [0.1, 0.15) is 5.82 Å². The molecule has 1 atom stereocenters. The van der Waals surface area contributed by atoms with Crippen LogP contribution in [0.15, 0.2) is 35.7 Å². The Balaban J connectivity index is 1.98. The Labute approximate surface area is 123 Å². The van der Waals surface area contributed by atoms with E-state index in [0.29, 0.717) is 11.5 Å². The zero-order chi connectivity index (χ0) is 14.4. The maximum absolute atomic E-state index is 13.9. The zero-order valence-electron chi connectivity index (χ0n) is 11.9. The summed E-state index contributed by atoms with van der Waals surface area (Å²) in [6.45, 7) is 4.52. The number of rotatable bonds is 7. The largest absolute Gasteiger partial charge is 0.384 e. The first-order chi connectivity index (χ1) is 9.70. The standard InChI is InChI=1S/C16H20FNOS/c1-12(11-19-2)9-18-10-13-5-6-15(17)14(8-13)16-4-3-7-20-16/h3-8,12,18H,9-11H2,1-2H3. The fourth-order valence-corrected chi connectivity index (χ4v) is 2.85. The molecule has 2 nitrogen and oxygen atoms in total. The molecule has 2 rings (SSSR count). The third-order valence-electron chi connectivity index (χ3n) is 3.09. The van der Waals surface area contributed by atoms with Gasteiger partial charge in [0, 0.05) is 37.2 Å². The van der Waals surface area contributed by atoms with E-state index in [0.717, 1.165) is 30.1 Å². The lowest BCUT2D eigenvalue weighted by atomic mass is 10.1. The molecule has 0 radical (unpaired) electrons. The lowest BCUT2D eigenvalue weighted by Gasteiger charge is -2.12. The van der Waals surface area contributed by atoms with Crippen molar-refractivity contribution in [1.82, 2.24) is 5.32 Å². The van der Waals surface area contributed by atoms with E-state index in [1.807, 2.05) is 29.6 Å². The van der Waals surface area contributed by atoms with Crippen LogP contribution in [0.2, 0.25) is 0 Å². The fraction of sp³-hybridized carbons (Fsp3) is 0.375. The number of ether oxygens (including phenoxy) is 1. The van der Waals surface area contributed by atoms with Crippen molar-refractivity contribution in [3.63, 3.8) is 0 Å². The van der Waals surface area contributed by atoms with Gasteiger partial charge in [-0.25, -0.2) is 4.39 Å². The smallest absolute Gasteiger partial charge is 0.131 e. The van der Waals surface area contributed by atoms with E-state index in [1.54, 1.807) is 24.5 Å². The van der Waals surface area contributed by atoms with E-state index in [1.165, 1.54) is 0 Å². The van der Waals surface area contributed by atoms with E-state index < -0.39 is 0 Å². The molecule has 0 aliphatic carbocycles. The van der Waals surface area contributed by atoms with Gasteiger partial charge in [0.2, 0.25) is 0 Å². The molecule has 0 saturated heterocycles. The highest BCUT2D eigenvalue weighted by Gasteiger charge is 2.07. The monoisotopic (exact) mass is 293 g/mol. The minimum Gasteiger partial charge on any atom is -0.384 e. The predicted octanol–water partition coefficient (Wildman–Crippen LogP) is 3.93. The zero-order valence-corrected chi connectivity index (χ0v) is 12.7. The summed E-state index contributed by atoms with van der Waals surface area (Å²) in [7, 11) is 1.71. The Hall–Kier alpha value is -1.23. The lowest BCUT2D eigenvalue weighted by molar-refractivity contribution is 0.158. The van der Waals surface area contributed by atoms with Crippen molar-refractivity contribution in [3.05, 3.63) is 47.1 Å². The van der Waals surface area contributed by atoms with Crippen LogP contribution in [0.25, 0.3) is 10.4 Å². The molecule has 0 saturated carbocycles. The summed E-state index contributed by atoms with van der Waals surface area (Å²) in [5, 5.41) is 5.34. The minimum atomic E-state index is -0.163. The molecule has 1 N–H and O–H groups in total. The van der Waals surface area contributed by atoms with E-state index in [9.17, 15) is 4.39 Å². The Morgan fingerprint density at radius 3 is 2.90 bits per heavy atom. The number of hydrogen-bond acceptors (Lipinski definition) is 3. The second-order valence-corrected chi connectivity index (χ2v) is 5.93. The SMILES string of the molecule is COCC(C)CNCc1ccc(F)c(-c2cccs2)c1. The number of methoxy groups -OCH3 is 1. The summed E-state index contributed by atoms with van der Waals surface area (Å²) in [6, 6.07) is 9.19. The van der Waals surface area contributed by atoms with Crippen molar-refractivity contribution < 1.29 is 9.13 Å². The van der Waals surface area contributed by atoms with Gasteiger partial charge in [-0.3, -0.25) is 0 Å². The molecular weight excluding hydrogens is 273 g/mol. The van der Waals surface area contributed by atoms with Gasteiger partial charge < -0.3 is 10.1 Å². The van der Waals surface area contributed by atoms with Crippen LogP contribution in [0.5, 0.6) is 0 Å². The molecule has 0 fully saturated rings. The van der Waals surface area contributed by atoms with Gasteiger partial charge in [-0.2, -0.15) is 0 Å². The fourth-order valence-electron chi connectivity index (χ4n) is 2.11. The van der Waals surface area contributed by atoms with E-state index in [2.05, 4.69) is 12.2 Å². The molecule has 0 amide bonds. The summed E-state index contributed by atoms with van der Waals surface area (Å²) >= 11 is 1.56. The van der Waals surface area contributed by atoms with Gasteiger partial charge in [0.25, 0.3) is 0 Å².